The summed E-state index contributed by atoms with van der Waals surface area (Å²) in [5.74, 6) is -0.0261. The van der Waals surface area contributed by atoms with Gasteiger partial charge in [0, 0.05) is 12.9 Å². The van der Waals surface area contributed by atoms with Crippen molar-refractivity contribution in [2.45, 2.75) is 18.1 Å². The number of rotatable bonds is 6. The molecule has 0 unspecified atom stereocenters. The highest BCUT2D eigenvalue weighted by atomic mass is 35.5. The number of sulfonamides is 1. The lowest BCUT2D eigenvalue weighted by molar-refractivity contribution is 0.126. The van der Waals surface area contributed by atoms with Crippen molar-refractivity contribution in [3.05, 3.63) is 35.4 Å². The van der Waals surface area contributed by atoms with E-state index in [1.807, 2.05) is 0 Å². The van der Waals surface area contributed by atoms with Gasteiger partial charge in [-0.05, 0) is 11.1 Å². The molecule has 0 radical (unpaired) electrons. The van der Waals surface area contributed by atoms with E-state index in [0.717, 1.165) is 12.6 Å². The highest BCUT2D eigenvalue weighted by Gasteiger charge is 2.21. The lowest BCUT2D eigenvalue weighted by atomic mass is 10.2. The van der Waals surface area contributed by atoms with E-state index in [-0.39, 0.29) is 11.6 Å². The molecule has 1 aromatic carbocycles. The van der Waals surface area contributed by atoms with E-state index >= 15 is 0 Å². The van der Waals surface area contributed by atoms with Crippen LogP contribution >= 0.6 is 11.6 Å². The fraction of sp³-hybridized carbons (Fsp3) is 0.455. The lowest BCUT2D eigenvalue weighted by Crippen LogP contribution is -2.32. The van der Waals surface area contributed by atoms with Crippen molar-refractivity contribution in [1.29, 1.82) is 0 Å². The van der Waals surface area contributed by atoms with E-state index in [2.05, 4.69) is 0 Å². The second-order valence-corrected chi connectivity index (χ2v) is 6.22. The molecule has 0 saturated heterocycles. The van der Waals surface area contributed by atoms with Gasteiger partial charge in [0.15, 0.2) is 0 Å². The van der Waals surface area contributed by atoms with Gasteiger partial charge in [-0.1, -0.05) is 24.3 Å². The first-order chi connectivity index (χ1) is 8.35. The monoisotopic (exact) mass is 297 g/mol. The first kappa shape index (κ1) is 15.3. The molecule has 0 bridgehead atoms. The predicted octanol–water partition coefficient (Wildman–Crippen LogP) is 2.45. The zero-order valence-electron chi connectivity index (χ0n) is 9.81. The molecular formula is C11H14ClF2NO2S. The third-order valence-corrected chi connectivity index (χ3v) is 4.47. The van der Waals surface area contributed by atoms with Gasteiger partial charge in [0.1, 0.15) is 0 Å². The van der Waals surface area contributed by atoms with Crippen LogP contribution in [0.5, 0.6) is 0 Å². The molecule has 0 N–H and O–H groups in total. The Balaban J connectivity index is 2.81. The average molecular weight is 298 g/mol. The molecular weight excluding hydrogens is 284 g/mol. The summed E-state index contributed by atoms with van der Waals surface area (Å²) < 4.78 is 48.6. The van der Waals surface area contributed by atoms with Crippen LogP contribution in [0.25, 0.3) is 0 Å². The SMILES string of the molecule is CN(CC(F)F)S(=O)(=O)Cc1cccc(CCl)c1. The Kier molecular flexibility index (Phi) is 5.49. The summed E-state index contributed by atoms with van der Waals surface area (Å²) in [6.45, 7) is -0.794. The van der Waals surface area contributed by atoms with Crippen LogP contribution < -0.4 is 0 Å². The van der Waals surface area contributed by atoms with Crippen molar-refractivity contribution in [3.8, 4) is 0 Å². The van der Waals surface area contributed by atoms with Gasteiger partial charge in [-0.2, -0.15) is 4.31 Å². The van der Waals surface area contributed by atoms with Gasteiger partial charge in [-0.15, -0.1) is 11.6 Å². The normalized spacial score (nSPS) is 12.3. The number of nitrogens with zero attached hydrogens (tertiary/aromatic N) is 1. The Hall–Kier alpha value is -0.720. The van der Waals surface area contributed by atoms with Crippen molar-refractivity contribution in [2.24, 2.45) is 0 Å². The molecule has 0 amide bonds. The summed E-state index contributed by atoms with van der Waals surface area (Å²) in [5, 5.41) is 0. The van der Waals surface area contributed by atoms with Gasteiger partial charge in [0.2, 0.25) is 10.0 Å². The summed E-state index contributed by atoms with van der Waals surface area (Å²) in [7, 11) is -2.58. The van der Waals surface area contributed by atoms with Crippen molar-refractivity contribution in [3.63, 3.8) is 0 Å². The molecule has 0 saturated carbocycles. The first-order valence-electron chi connectivity index (χ1n) is 5.21. The van der Waals surface area contributed by atoms with Crippen LogP contribution in [0.3, 0.4) is 0 Å². The quantitative estimate of drug-likeness (QED) is 0.756. The second kappa shape index (κ2) is 6.45. The van der Waals surface area contributed by atoms with Crippen molar-refractivity contribution >= 4 is 21.6 Å². The smallest absolute Gasteiger partial charge is 0.212 e. The zero-order valence-corrected chi connectivity index (χ0v) is 11.4. The fourth-order valence-electron chi connectivity index (χ4n) is 1.43. The van der Waals surface area contributed by atoms with Gasteiger partial charge < -0.3 is 0 Å². The summed E-state index contributed by atoms with van der Waals surface area (Å²) in [5.41, 5.74) is 1.33. The molecule has 0 aliphatic heterocycles. The van der Waals surface area contributed by atoms with Crippen molar-refractivity contribution in [2.75, 3.05) is 13.6 Å². The van der Waals surface area contributed by atoms with Crippen LogP contribution in [0.15, 0.2) is 24.3 Å². The third kappa shape index (κ3) is 4.51. The molecule has 1 aromatic rings. The van der Waals surface area contributed by atoms with Gasteiger partial charge in [-0.3, -0.25) is 0 Å². The Morgan fingerprint density at radius 2 is 1.94 bits per heavy atom. The molecule has 102 valence electrons. The predicted molar refractivity (Wildman–Crippen MR) is 67.3 cm³/mol. The van der Waals surface area contributed by atoms with Crippen LogP contribution in [0, 0.1) is 0 Å². The molecule has 3 nitrogen and oxygen atoms in total. The fourth-order valence-corrected chi connectivity index (χ4v) is 2.76. The maximum atomic E-state index is 12.1. The third-order valence-electron chi connectivity index (χ3n) is 2.36. The maximum absolute atomic E-state index is 12.1. The zero-order chi connectivity index (χ0) is 13.8. The maximum Gasteiger partial charge on any atom is 0.252 e. The Bertz CT molecular complexity index is 494. The van der Waals surface area contributed by atoms with Gasteiger partial charge in [0.05, 0.1) is 12.3 Å². The lowest BCUT2D eigenvalue weighted by Gasteiger charge is -2.16. The molecule has 1 rings (SSSR count). The molecule has 0 aromatic heterocycles. The first-order valence-corrected chi connectivity index (χ1v) is 7.35. The minimum atomic E-state index is -3.72. The number of hydrogen-bond donors (Lipinski definition) is 0. The summed E-state index contributed by atoms with van der Waals surface area (Å²) in [4.78, 5) is 0. The second-order valence-electron chi connectivity index (χ2n) is 3.88. The van der Waals surface area contributed by atoms with Gasteiger partial charge in [0.25, 0.3) is 6.43 Å². The van der Waals surface area contributed by atoms with E-state index in [1.165, 1.54) is 0 Å². The molecule has 0 spiro atoms. The standard InChI is InChI=1S/C11H14ClF2NO2S/c1-15(7-11(13)14)18(16,17)8-10-4-2-3-9(5-10)6-12/h2-5,11H,6-8H2,1H3. The molecule has 0 aliphatic carbocycles. The highest BCUT2D eigenvalue weighted by Crippen LogP contribution is 2.13. The minimum absolute atomic E-state index is 0.279. The largest absolute Gasteiger partial charge is 0.252 e. The van der Waals surface area contributed by atoms with Crippen LogP contribution in [0.4, 0.5) is 8.78 Å². The number of alkyl halides is 3. The Morgan fingerprint density at radius 3 is 2.50 bits per heavy atom. The Labute approximate surface area is 110 Å². The minimum Gasteiger partial charge on any atom is -0.212 e. The van der Waals surface area contributed by atoms with E-state index < -0.39 is 23.0 Å². The van der Waals surface area contributed by atoms with E-state index in [1.54, 1.807) is 24.3 Å². The van der Waals surface area contributed by atoms with Gasteiger partial charge >= 0.3 is 0 Å². The van der Waals surface area contributed by atoms with Crippen molar-refractivity contribution < 1.29 is 17.2 Å². The van der Waals surface area contributed by atoms with Crippen LogP contribution in [0.1, 0.15) is 11.1 Å². The Morgan fingerprint density at radius 1 is 1.33 bits per heavy atom. The summed E-state index contributed by atoms with van der Waals surface area (Å²) in [6.07, 6.45) is -2.68. The van der Waals surface area contributed by atoms with E-state index in [0.29, 0.717) is 9.87 Å². The highest BCUT2D eigenvalue weighted by molar-refractivity contribution is 7.88. The van der Waals surface area contributed by atoms with E-state index in [4.69, 9.17) is 11.6 Å². The van der Waals surface area contributed by atoms with Crippen LogP contribution in [0.2, 0.25) is 0 Å². The van der Waals surface area contributed by atoms with Gasteiger partial charge in [-0.25, -0.2) is 17.2 Å². The van der Waals surface area contributed by atoms with E-state index in [9.17, 15) is 17.2 Å². The molecule has 7 heteroatoms. The summed E-state index contributed by atoms with van der Waals surface area (Å²) in [6, 6.07) is 6.74. The number of benzene rings is 1. The average Bonchev–Trinajstić information content (AvgIpc) is 2.27. The molecule has 18 heavy (non-hydrogen) atoms. The molecule has 0 aliphatic rings. The molecule has 0 heterocycles. The van der Waals surface area contributed by atoms with Crippen molar-refractivity contribution in [1.82, 2.24) is 4.31 Å². The molecule has 0 atom stereocenters. The summed E-state index contributed by atoms with van der Waals surface area (Å²) >= 11 is 5.64. The topological polar surface area (TPSA) is 37.4 Å². The molecule has 0 fully saturated rings. The number of halogens is 3. The van der Waals surface area contributed by atoms with Crippen LogP contribution in [-0.4, -0.2) is 32.7 Å². The number of hydrogen-bond acceptors (Lipinski definition) is 2. The van der Waals surface area contributed by atoms with Crippen LogP contribution in [-0.2, 0) is 21.7 Å².